The minimum atomic E-state index is -0.625. The molecule has 2 amide bonds. The van der Waals surface area contributed by atoms with E-state index >= 15 is 0 Å². The SMILES string of the molecule is CNC(=O)Cc1ccc(NC(=O)Cn2ccc([N+](=O)[O-])n2)cc1. The summed E-state index contributed by atoms with van der Waals surface area (Å²) in [5.74, 6) is -0.763. The Bertz CT molecular complexity index is 723. The largest absolute Gasteiger partial charge is 0.389 e. The fraction of sp³-hybridized carbons (Fsp3) is 0.214. The fourth-order valence-electron chi connectivity index (χ4n) is 1.86. The molecule has 0 aliphatic carbocycles. The predicted octanol–water partition coefficient (Wildman–Crippen LogP) is 0.718. The number of nitrogens with zero attached hydrogens (tertiary/aromatic N) is 3. The quantitative estimate of drug-likeness (QED) is 0.601. The van der Waals surface area contributed by atoms with Crippen molar-refractivity contribution >= 4 is 23.3 Å². The van der Waals surface area contributed by atoms with Crippen LogP contribution >= 0.6 is 0 Å². The number of amides is 2. The summed E-state index contributed by atoms with van der Waals surface area (Å²) in [5.41, 5.74) is 1.39. The normalized spacial score (nSPS) is 10.1. The second kappa shape index (κ2) is 7.16. The molecule has 0 unspecified atom stereocenters. The van der Waals surface area contributed by atoms with Crippen molar-refractivity contribution in [1.82, 2.24) is 15.1 Å². The lowest BCUT2D eigenvalue weighted by Gasteiger charge is -2.05. The Morgan fingerprint density at radius 3 is 2.48 bits per heavy atom. The third-order valence-corrected chi connectivity index (χ3v) is 3.00. The van der Waals surface area contributed by atoms with Gasteiger partial charge < -0.3 is 20.7 Å². The van der Waals surface area contributed by atoms with E-state index in [-0.39, 0.29) is 30.6 Å². The topological polar surface area (TPSA) is 119 Å². The first-order valence-electron chi connectivity index (χ1n) is 6.75. The molecule has 120 valence electrons. The molecule has 0 aliphatic rings. The average molecular weight is 317 g/mol. The lowest BCUT2D eigenvalue weighted by atomic mass is 10.1. The highest BCUT2D eigenvalue weighted by Crippen LogP contribution is 2.11. The molecule has 23 heavy (non-hydrogen) atoms. The van der Waals surface area contributed by atoms with E-state index < -0.39 is 4.92 Å². The Kier molecular flexibility index (Phi) is 5.03. The van der Waals surface area contributed by atoms with Crippen LogP contribution in [-0.4, -0.2) is 33.6 Å². The molecule has 0 radical (unpaired) electrons. The highest BCUT2D eigenvalue weighted by molar-refractivity contribution is 5.90. The van der Waals surface area contributed by atoms with E-state index in [9.17, 15) is 19.7 Å². The maximum absolute atomic E-state index is 11.9. The van der Waals surface area contributed by atoms with Gasteiger partial charge in [-0.25, -0.2) is 0 Å². The van der Waals surface area contributed by atoms with Crippen molar-refractivity contribution in [2.75, 3.05) is 12.4 Å². The molecule has 0 aliphatic heterocycles. The van der Waals surface area contributed by atoms with Gasteiger partial charge in [0.1, 0.15) is 6.54 Å². The summed E-state index contributed by atoms with van der Waals surface area (Å²) in [5, 5.41) is 19.4. The third-order valence-electron chi connectivity index (χ3n) is 3.00. The number of nitrogens with one attached hydrogen (secondary N) is 2. The number of rotatable bonds is 6. The van der Waals surface area contributed by atoms with Gasteiger partial charge in [0, 0.05) is 12.7 Å². The Morgan fingerprint density at radius 2 is 1.91 bits per heavy atom. The highest BCUT2D eigenvalue weighted by Gasteiger charge is 2.13. The maximum atomic E-state index is 11.9. The lowest BCUT2D eigenvalue weighted by Crippen LogP contribution is -2.20. The van der Waals surface area contributed by atoms with Crippen molar-refractivity contribution in [1.29, 1.82) is 0 Å². The number of carbonyl (C=O) groups is 2. The molecule has 1 heterocycles. The van der Waals surface area contributed by atoms with Crippen molar-refractivity contribution in [2.24, 2.45) is 0 Å². The second-order valence-electron chi connectivity index (χ2n) is 4.72. The van der Waals surface area contributed by atoms with Crippen LogP contribution in [0.25, 0.3) is 0 Å². The van der Waals surface area contributed by atoms with Gasteiger partial charge in [0.15, 0.2) is 0 Å². The summed E-state index contributed by atoms with van der Waals surface area (Å²) in [6, 6.07) is 8.07. The van der Waals surface area contributed by atoms with E-state index in [0.717, 1.165) is 5.56 Å². The van der Waals surface area contributed by atoms with Crippen LogP contribution in [0.4, 0.5) is 11.5 Å². The van der Waals surface area contributed by atoms with Gasteiger partial charge in [0.2, 0.25) is 11.8 Å². The molecular formula is C14H15N5O4. The molecule has 0 fully saturated rings. The molecule has 2 aromatic rings. The van der Waals surface area contributed by atoms with E-state index in [1.54, 1.807) is 31.3 Å². The number of anilines is 1. The molecule has 1 aromatic heterocycles. The Labute approximate surface area is 131 Å². The zero-order valence-electron chi connectivity index (χ0n) is 12.4. The zero-order valence-corrected chi connectivity index (χ0v) is 12.4. The van der Waals surface area contributed by atoms with Crippen LogP contribution in [0.15, 0.2) is 36.5 Å². The fourth-order valence-corrected chi connectivity index (χ4v) is 1.86. The maximum Gasteiger partial charge on any atom is 0.389 e. The molecule has 0 saturated heterocycles. The number of nitro groups is 1. The van der Waals surface area contributed by atoms with E-state index in [4.69, 9.17) is 0 Å². The van der Waals surface area contributed by atoms with Gasteiger partial charge in [0.05, 0.1) is 23.8 Å². The monoisotopic (exact) mass is 317 g/mol. The van der Waals surface area contributed by atoms with Crippen molar-refractivity contribution in [3.05, 3.63) is 52.2 Å². The first-order chi connectivity index (χ1) is 11.0. The summed E-state index contributed by atoms with van der Waals surface area (Å²) in [6.07, 6.45) is 1.63. The zero-order chi connectivity index (χ0) is 16.8. The van der Waals surface area contributed by atoms with Crippen LogP contribution in [0.2, 0.25) is 0 Å². The molecule has 0 atom stereocenters. The van der Waals surface area contributed by atoms with Gasteiger partial charge in [0.25, 0.3) is 0 Å². The van der Waals surface area contributed by atoms with Gasteiger partial charge in [-0.2, -0.15) is 4.68 Å². The molecule has 0 bridgehead atoms. The lowest BCUT2D eigenvalue weighted by molar-refractivity contribution is -0.389. The molecule has 1 aromatic carbocycles. The molecular weight excluding hydrogens is 302 g/mol. The highest BCUT2D eigenvalue weighted by atomic mass is 16.6. The first-order valence-corrected chi connectivity index (χ1v) is 6.75. The summed E-state index contributed by atoms with van der Waals surface area (Å²) >= 11 is 0. The molecule has 2 N–H and O–H groups in total. The van der Waals surface area contributed by atoms with Gasteiger partial charge in [-0.1, -0.05) is 12.1 Å². The minimum Gasteiger partial charge on any atom is -0.359 e. The Hall–Kier alpha value is -3.23. The minimum absolute atomic E-state index is 0.0953. The number of carbonyl (C=O) groups excluding carboxylic acids is 2. The van der Waals surface area contributed by atoms with E-state index in [1.165, 1.54) is 16.9 Å². The molecule has 9 heteroatoms. The molecule has 0 saturated carbocycles. The van der Waals surface area contributed by atoms with Gasteiger partial charge in [-0.3, -0.25) is 9.59 Å². The van der Waals surface area contributed by atoms with Crippen LogP contribution in [0.3, 0.4) is 0 Å². The standard InChI is InChI=1S/C14H15N5O4/c1-15-13(20)8-10-2-4-11(5-3-10)16-14(21)9-18-7-6-12(17-18)19(22)23/h2-7H,8-9H2,1H3,(H,15,20)(H,16,21). The third kappa shape index (κ3) is 4.63. The van der Waals surface area contributed by atoms with Crippen molar-refractivity contribution < 1.29 is 14.5 Å². The Morgan fingerprint density at radius 1 is 1.22 bits per heavy atom. The summed E-state index contributed by atoms with van der Waals surface area (Å²) in [4.78, 5) is 33.0. The van der Waals surface area contributed by atoms with Crippen LogP contribution in [0.5, 0.6) is 0 Å². The smallest absolute Gasteiger partial charge is 0.359 e. The van der Waals surface area contributed by atoms with Crippen LogP contribution < -0.4 is 10.6 Å². The number of benzene rings is 1. The molecule has 0 spiro atoms. The second-order valence-corrected chi connectivity index (χ2v) is 4.72. The number of hydrogen-bond donors (Lipinski definition) is 2. The van der Waals surface area contributed by atoms with E-state index in [2.05, 4.69) is 15.7 Å². The number of aromatic nitrogens is 2. The molecule has 2 rings (SSSR count). The summed E-state index contributed by atoms with van der Waals surface area (Å²) in [7, 11) is 1.57. The van der Waals surface area contributed by atoms with E-state index in [0.29, 0.717) is 5.69 Å². The van der Waals surface area contributed by atoms with Gasteiger partial charge in [-0.15, -0.1) is 0 Å². The van der Waals surface area contributed by atoms with Crippen LogP contribution in [0, 0.1) is 10.1 Å². The van der Waals surface area contributed by atoms with Gasteiger partial charge in [-0.05, 0) is 22.6 Å². The van der Waals surface area contributed by atoms with Crippen molar-refractivity contribution in [2.45, 2.75) is 13.0 Å². The summed E-state index contributed by atoms with van der Waals surface area (Å²) < 4.78 is 1.19. The number of likely N-dealkylation sites (N-methyl/N-ethyl adjacent to an activating group) is 1. The Balaban J connectivity index is 1.91. The first kappa shape index (κ1) is 16.1. The van der Waals surface area contributed by atoms with Crippen LogP contribution in [0.1, 0.15) is 5.56 Å². The number of hydrogen-bond acceptors (Lipinski definition) is 5. The summed E-state index contributed by atoms with van der Waals surface area (Å²) in [6.45, 7) is -0.131. The average Bonchev–Trinajstić information content (AvgIpc) is 2.97. The van der Waals surface area contributed by atoms with Gasteiger partial charge >= 0.3 is 5.82 Å². The van der Waals surface area contributed by atoms with E-state index in [1.807, 2.05) is 0 Å². The molecule has 9 nitrogen and oxygen atoms in total. The van der Waals surface area contributed by atoms with Crippen LogP contribution in [-0.2, 0) is 22.6 Å². The van der Waals surface area contributed by atoms with Crippen molar-refractivity contribution in [3.8, 4) is 0 Å². The van der Waals surface area contributed by atoms with Crippen molar-refractivity contribution in [3.63, 3.8) is 0 Å². The predicted molar refractivity (Wildman–Crippen MR) is 81.7 cm³/mol.